The Hall–Kier alpha value is -3.35. The fourth-order valence-corrected chi connectivity index (χ4v) is 2.51. The van der Waals surface area contributed by atoms with Crippen LogP contribution in [-0.4, -0.2) is 22.3 Å². The monoisotopic (exact) mass is 324 g/mol. The van der Waals surface area contributed by atoms with Crippen molar-refractivity contribution in [2.24, 2.45) is 0 Å². The molecule has 1 aromatic heterocycles. The van der Waals surface area contributed by atoms with E-state index in [9.17, 15) is 9.59 Å². The van der Waals surface area contributed by atoms with Crippen LogP contribution in [0.15, 0.2) is 57.8 Å². The summed E-state index contributed by atoms with van der Waals surface area (Å²) in [4.78, 5) is 24.4. The molecule has 0 radical (unpaired) electrons. The number of hydrogen-bond acceptors (Lipinski definition) is 6. The molecule has 3 aromatic rings. The minimum atomic E-state index is -0.678. The lowest BCUT2D eigenvalue weighted by Gasteiger charge is -2.05. The number of aromatic nitrogens is 2. The Bertz CT molecular complexity index is 959. The fraction of sp³-hybridized carbons (Fsp3) is 0.118. The Labute approximate surface area is 136 Å². The van der Waals surface area contributed by atoms with Crippen LogP contribution in [0.1, 0.15) is 10.4 Å². The molecule has 0 saturated heterocycles. The first kappa shape index (κ1) is 14.3. The zero-order chi connectivity index (χ0) is 16.5. The largest absolute Gasteiger partial charge is 0.454 e. The van der Waals surface area contributed by atoms with Crippen molar-refractivity contribution in [1.82, 2.24) is 9.72 Å². The number of benzene rings is 2. The molecule has 4 rings (SSSR count). The molecule has 0 amide bonds. The number of Topliss-reactive ketones (excluding diaryl/α,β-unsaturated/α-hetero) is 1. The van der Waals surface area contributed by atoms with E-state index < -0.39 is 5.76 Å². The van der Waals surface area contributed by atoms with Gasteiger partial charge >= 0.3 is 5.76 Å². The SMILES string of the molecule is O=C(Cn1c(-c2ccccc2)noc1=O)c1ccc2c(c1)OCO2. The number of rotatable bonds is 4. The number of carbonyl (C=O) groups is 1. The van der Waals surface area contributed by atoms with Crippen molar-refractivity contribution in [3.8, 4) is 22.9 Å². The Morgan fingerprint density at radius 3 is 2.71 bits per heavy atom. The van der Waals surface area contributed by atoms with Gasteiger partial charge in [-0.2, -0.15) is 0 Å². The Balaban J connectivity index is 1.65. The highest BCUT2D eigenvalue weighted by Gasteiger charge is 2.19. The quantitative estimate of drug-likeness (QED) is 0.684. The van der Waals surface area contributed by atoms with Crippen LogP contribution in [0, 0.1) is 0 Å². The zero-order valence-electron chi connectivity index (χ0n) is 12.5. The molecule has 0 fully saturated rings. The summed E-state index contributed by atoms with van der Waals surface area (Å²) in [5, 5.41) is 3.77. The van der Waals surface area contributed by atoms with Crippen LogP contribution in [0.2, 0.25) is 0 Å². The van der Waals surface area contributed by atoms with Gasteiger partial charge in [0, 0.05) is 11.1 Å². The number of ether oxygens (including phenoxy) is 2. The number of hydrogen-bond donors (Lipinski definition) is 0. The molecule has 0 spiro atoms. The van der Waals surface area contributed by atoms with Gasteiger partial charge in [0.15, 0.2) is 23.1 Å². The first-order chi connectivity index (χ1) is 11.7. The highest BCUT2D eigenvalue weighted by molar-refractivity contribution is 5.96. The predicted octanol–water partition coefficient (Wildman–Crippen LogP) is 2.11. The van der Waals surface area contributed by atoms with Crippen molar-refractivity contribution in [2.75, 3.05) is 6.79 Å². The molecular weight excluding hydrogens is 312 g/mol. The van der Waals surface area contributed by atoms with Crippen LogP contribution >= 0.6 is 0 Å². The lowest BCUT2D eigenvalue weighted by Crippen LogP contribution is -2.21. The summed E-state index contributed by atoms with van der Waals surface area (Å²) in [5.74, 6) is 0.494. The van der Waals surface area contributed by atoms with Crippen LogP contribution < -0.4 is 15.2 Å². The van der Waals surface area contributed by atoms with Crippen LogP contribution in [0.5, 0.6) is 11.5 Å². The molecule has 0 bridgehead atoms. The van der Waals surface area contributed by atoms with E-state index in [0.717, 1.165) is 0 Å². The third-order valence-electron chi connectivity index (χ3n) is 3.71. The van der Waals surface area contributed by atoms with E-state index >= 15 is 0 Å². The second kappa shape index (κ2) is 5.69. The Morgan fingerprint density at radius 2 is 1.88 bits per heavy atom. The average Bonchev–Trinajstić information content (AvgIpc) is 3.22. The van der Waals surface area contributed by atoms with Crippen molar-refractivity contribution in [3.05, 3.63) is 64.6 Å². The number of carbonyl (C=O) groups excluding carboxylic acids is 1. The minimum absolute atomic E-state index is 0.135. The molecule has 1 aliphatic heterocycles. The smallest absolute Gasteiger partial charge is 0.442 e. The molecule has 2 aromatic carbocycles. The molecule has 2 heterocycles. The second-order valence-electron chi connectivity index (χ2n) is 5.22. The summed E-state index contributed by atoms with van der Waals surface area (Å²) < 4.78 is 16.4. The summed E-state index contributed by atoms with van der Waals surface area (Å²) in [7, 11) is 0. The third-order valence-corrected chi connectivity index (χ3v) is 3.71. The van der Waals surface area contributed by atoms with Crippen LogP contribution in [0.4, 0.5) is 0 Å². The van der Waals surface area contributed by atoms with Gasteiger partial charge in [-0.25, -0.2) is 9.36 Å². The van der Waals surface area contributed by atoms with Crippen molar-refractivity contribution < 1.29 is 18.8 Å². The lowest BCUT2D eigenvalue weighted by molar-refractivity contribution is 0.0969. The van der Waals surface area contributed by atoms with Crippen molar-refractivity contribution >= 4 is 5.78 Å². The van der Waals surface area contributed by atoms with Crippen LogP contribution in [0.3, 0.4) is 0 Å². The molecule has 0 aliphatic carbocycles. The molecule has 0 saturated carbocycles. The molecule has 7 nitrogen and oxygen atoms in total. The van der Waals surface area contributed by atoms with Crippen LogP contribution in [-0.2, 0) is 6.54 Å². The molecule has 7 heteroatoms. The van der Waals surface area contributed by atoms with Gasteiger partial charge in [0.25, 0.3) is 0 Å². The van der Waals surface area contributed by atoms with Gasteiger partial charge < -0.3 is 9.47 Å². The highest BCUT2D eigenvalue weighted by Crippen LogP contribution is 2.32. The van der Waals surface area contributed by atoms with Crippen molar-refractivity contribution in [3.63, 3.8) is 0 Å². The fourth-order valence-electron chi connectivity index (χ4n) is 2.51. The van der Waals surface area contributed by atoms with Gasteiger partial charge in [0.2, 0.25) is 6.79 Å². The van der Waals surface area contributed by atoms with Gasteiger partial charge in [0.1, 0.15) is 0 Å². The topological polar surface area (TPSA) is 83.6 Å². The Morgan fingerprint density at radius 1 is 1.08 bits per heavy atom. The van der Waals surface area contributed by atoms with E-state index in [-0.39, 0.29) is 19.1 Å². The molecule has 1 aliphatic rings. The van der Waals surface area contributed by atoms with Gasteiger partial charge in [-0.15, -0.1) is 0 Å². The maximum atomic E-state index is 12.5. The van der Waals surface area contributed by atoms with Gasteiger partial charge in [-0.3, -0.25) is 9.32 Å². The molecule has 120 valence electrons. The number of fused-ring (bicyclic) bond motifs is 1. The summed E-state index contributed by atoms with van der Waals surface area (Å²) in [6.45, 7) is -0.0392. The highest BCUT2D eigenvalue weighted by atomic mass is 16.7. The van der Waals surface area contributed by atoms with Crippen molar-refractivity contribution in [1.29, 1.82) is 0 Å². The average molecular weight is 324 g/mol. The van der Waals surface area contributed by atoms with Gasteiger partial charge in [-0.1, -0.05) is 35.5 Å². The van der Waals surface area contributed by atoms with Crippen molar-refractivity contribution in [2.45, 2.75) is 6.54 Å². The number of ketones is 1. The molecule has 0 atom stereocenters. The lowest BCUT2D eigenvalue weighted by atomic mass is 10.1. The maximum absolute atomic E-state index is 12.5. The van der Waals surface area contributed by atoms with E-state index in [1.807, 2.05) is 18.2 Å². The summed E-state index contributed by atoms with van der Waals surface area (Å²) in [5.41, 5.74) is 1.12. The van der Waals surface area contributed by atoms with E-state index in [4.69, 9.17) is 14.0 Å². The third kappa shape index (κ3) is 2.45. The summed E-state index contributed by atoms with van der Waals surface area (Å²) >= 11 is 0. The second-order valence-corrected chi connectivity index (χ2v) is 5.22. The zero-order valence-corrected chi connectivity index (χ0v) is 12.5. The standard InChI is InChI=1S/C17H12N2O5/c20-13(12-6-7-14-15(8-12)23-10-22-14)9-19-16(18-24-17(19)21)11-4-2-1-3-5-11/h1-8H,9-10H2. The minimum Gasteiger partial charge on any atom is -0.454 e. The molecular formula is C17H12N2O5. The predicted molar refractivity (Wildman–Crippen MR) is 83.1 cm³/mol. The summed E-state index contributed by atoms with van der Waals surface area (Å²) in [6, 6.07) is 14.0. The van der Waals surface area contributed by atoms with E-state index in [2.05, 4.69) is 5.16 Å². The molecule has 0 N–H and O–H groups in total. The summed E-state index contributed by atoms with van der Waals surface area (Å²) in [6.07, 6.45) is 0. The number of nitrogens with zero attached hydrogens (tertiary/aromatic N) is 2. The van der Waals surface area contributed by atoms with E-state index in [1.54, 1.807) is 30.3 Å². The molecule has 0 unspecified atom stereocenters. The normalized spacial score (nSPS) is 12.3. The van der Waals surface area contributed by atoms with E-state index in [1.165, 1.54) is 4.57 Å². The first-order valence-corrected chi connectivity index (χ1v) is 7.27. The maximum Gasteiger partial charge on any atom is 0.442 e. The van der Waals surface area contributed by atoms with E-state index in [0.29, 0.717) is 28.5 Å². The van der Waals surface area contributed by atoms with Crippen LogP contribution in [0.25, 0.3) is 11.4 Å². The Kier molecular flexibility index (Phi) is 3.38. The first-order valence-electron chi connectivity index (χ1n) is 7.27. The molecule has 24 heavy (non-hydrogen) atoms. The van der Waals surface area contributed by atoms with Gasteiger partial charge in [0.05, 0.1) is 6.54 Å². The van der Waals surface area contributed by atoms with Gasteiger partial charge in [-0.05, 0) is 18.2 Å².